The van der Waals surface area contributed by atoms with E-state index in [9.17, 15) is 4.79 Å². The third-order valence-corrected chi connectivity index (χ3v) is 4.55. The van der Waals surface area contributed by atoms with Crippen molar-refractivity contribution in [1.82, 2.24) is 4.90 Å². The van der Waals surface area contributed by atoms with Crippen molar-refractivity contribution in [2.24, 2.45) is 5.73 Å². The molecule has 104 valence electrons. The Hall–Kier alpha value is -1.72. The maximum absolute atomic E-state index is 12.4. The zero-order valence-electron chi connectivity index (χ0n) is 11.4. The molecule has 0 aliphatic carbocycles. The molecule has 0 aliphatic heterocycles. The highest BCUT2D eigenvalue weighted by Crippen LogP contribution is 2.24. The Bertz CT molecular complexity index is 605. The van der Waals surface area contributed by atoms with Gasteiger partial charge in [0.05, 0.1) is 6.04 Å². The van der Waals surface area contributed by atoms with Gasteiger partial charge in [0.25, 0.3) is 5.91 Å². The van der Waals surface area contributed by atoms with Crippen molar-refractivity contribution >= 4 is 34.5 Å². The van der Waals surface area contributed by atoms with Gasteiger partial charge in [0, 0.05) is 23.1 Å². The summed E-state index contributed by atoms with van der Waals surface area (Å²) in [5.41, 5.74) is 6.95. The lowest BCUT2D eigenvalue weighted by molar-refractivity contribution is 0.0745. The van der Waals surface area contributed by atoms with Crippen molar-refractivity contribution in [3.05, 3.63) is 57.8 Å². The van der Waals surface area contributed by atoms with Crippen molar-refractivity contribution in [1.29, 1.82) is 0 Å². The third-order valence-electron chi connectivity index (χ3n) is 3.27. The molecule has 0 bridgehead atoms. The van der Waals surface area contributed by atoms with Crippen LogP contribution in [0.15, 0.2) is 41.8 Å². The number of amides is 1. The van der Waals surface area contributed by atoms with Crippen LogP contribution in [0.25, 0.3) is 0 Å². The van der Waals surface area contributed by atoms with E-state index < -0.39 is 0 Å². The fourth-order valence-electron chi connectivity index (χ4n) is 1.88. The SMILES string of the molecule is CC(c1cccs1)N(C)C(=O)c1ccc(C(N)=S)cc1. The van der Waals surface area contributed by atoms with E-state index in [1.54, 1.807) is 40.5 Å². The Balaban J connectivity index is 2.16. The summed E-state index contributed by atoms with van der Waals surface area (Å²) in [5.74, 6) is -0.0135. The number of rotatable bonds is 4. The number of nitrogens with zero attached hydrogens (tertiary/aromatic N) is 1. The summed E-state index contributed by atoms with van der Waals surface area (Å²) in [6.45, 7) is 2.02. The first-order valence-electron chi connectivity index (χ1n) is 6.21. The van der Waals surface area contributed by atoms with Crippen molar-refractivity contribution in [2.45, 2.75) is 13.0 Å². The molecule has 0 radical (unpaired) electrons. The van der Waals surface area contributed by atoms with Gasteiger partial charge in [-0.3, -0.25) is 4.79 Å². The molecule has 0 fully saturated rings. The number of nitrogens with two attached hydrogens (primary N) is 1. The van der Waals surface area contributed by atoms with Gasteiger partial charge in [-0.1, -0.05) is 30.4 Å². The first-order chi connectivity index (χ1) is 9.50. The Morgan fingerprint density at radius 3 is 2.35 bits per heavy atom. The molecule has 20 heavy (non-hydrogen) atoms. The maximum Gasteiger partial charge on any atom is 0.254 e. The van der Waals surface area contributed by atoms with Gasteiger partial charge in [-0.05, 0) is 30.5 Å². The minimum atomic E-state index is -0.0135. The van der Waals surface area contributed by atoms with E-state index in [2.05, 4.69) is 0 Å². The van der Waals surface area contributed by atoms with Gasteiger partial charge >= 0.3 is 0 Å². The molecule has 2 aromatic rings. The second kappa shape index (κ2) is 6.15. The molecule has 0 spiro atoms. The Labute approximate surface area is 128 Å². The van der Waals surface area contributed by atoms with Crippen molar-refractivity contribution < 1.29 is 4.79 Å². The first kappa shape index (κ1) is 14.7. The molecule has 2 rings (SSSR count). The molecule has 0 aliphatic rings. The number of hydrogen-bond donors (Lipinski definition) is 1. The lowest BCUT2D eigenvalue weighted by atomic mass is 10.1. The summed E-state index contributed by atoms with van der Waals surface area (Å²) < 4.78 is 0. The summed E-state index contributed by atoms with van der Waals surface area (Å²) in [7, 11) is 1.81. The molecular formula is C15H16N2OS2. The molecule has 5 heteroatoms. The first-order valence-corrected chi connectivity index (χ1v) is 7.50. The zero-order chi connectivity index (χ0) is 14.7. The van der Waals surface area contributed by atoms with E-state index in [1.807, 2.05) is 31.5 Å². The van der Waals surface area contributed by atoms with Crippen molar-refractivity contribution in [3.8, 4) is 0 Å². The molecule has 0 saturated heterocycles. The smallest absolute Gasteiger partial charge is 0.254 e. The molecule has 1 unspecified atom stereocenters. The van der Waals surface area contributed by atoms with Gasteiger partial charge in [0.1, 0.15) is 4.99 Å². The largest absolute Gasteiger partial charge is 0.389 e. The molecule has 0 saturated carbocycles. The summed E-state index contributed by atoms with van der Waals surface area (Å²) in [6.07, 6.45) is 0. The number of thiophene rings is 1. The van der Waals surface area contributed by atoms with E-state index in [0.717, 1.165) is 5.56 Å². The molecule has 1 aromatic carbocycles. The standard InChI is InChI=1S/C15H16N2OS2/c1-10(13-4-3-9-20-13)17(2)15(18)12-7-5-11(6-8-12)14(16)19/h3-10H,1-2H3,(H2,16,19). The maximum atomic E-state index is 12.4. The Morgan fingerprint density at radius 2 is 1.85 bits per heavy atom. The molecule has 2 N–H and O–H groups in total. The van der Waals surface area contributed by atoms with Crippen LogP contribution in [0.2, 0.25) is 0 Å². The van der Waals surface area contributed by atoms with E-state index in [4.69, 9.17) is 18.0 Å². The molecule has 1 aromatic heterocycles. The predicted octanol–water partition coefficient (Wildman–Crippen LogP) is 3.22. The van der Waals surface area contributed by atoms with Crippen LogP contribution >= 0.6 is 23.6 Å². The molecule has 1 heterocycles. The number of benzene rings is 1. The van der Waals surface area contributed by atoms with Gasteiger partial charge in [0.15, 0.2) is 0 Å². The fraction of sp³-hybridized carbons (Fsp3) is 0.200. The van der Waals surface area contributed by atoms with E-state index in [0.29, 0.717) is 10.6 Å². The van der Waals surface area contributed by atoms with Gasteiger partial charge in [-0.15, -0.1) is 11.3 Å². The summed E-state index contributed by atoms with van der Waals surface area (Å²) in [5, 5.41) is 2.02. The fourth-order valence-corrected chi connectivity index (χ4v) is 2.84. The van der Waals surface area contributed by atoms with Gasteiger partial charge in [0.2, 0.25) is 0 Å². The average molecular weight is 304 g/mol. The average Bonchev–Trinajstić information content (AvgIpc) is 2.99. The number of hydrogen-bond acceptors (Lipinski definition) is 3. The molecule has 3 nitrogen and oxygen atoms in total. The quantitative estimate of drug-likeness (QED) is 0.882. The lowest BCUT2D eigenvalue weighted by Crippen LogP contribution is -2.29. The van der Waals surface area contributed by atoms with E-state index in [-0.39, 0.29) is 11.9 Å². The van der Waals surface area contributed by atoms with Gasteiger partial charge < -0.3 is 10.6 Å². The molecule has 1 amide bonds. The predicted molar refractivity (Wildman–Crippen MR) is 87.2 cm³/mol. The summed E-state index contributed by atoms with van der Waals surface area (Å²) in [4.78, 5) is 15.7. The number of carbonyl (C=O) groups is 1. The van der Waals surface area contributed by atoms with Gasteiger partial charge in [-0.25, -0.2) is 0 Å². The topological polar surface area (TPSA) is 46.3 Å². The zero-order valence-corrected chi connectivity index (χ0v) is 13.0. The summed E-state index contributed by atoms with van der Waals surface area (Å²) >= 11 is 6.55. The third kappa shape index (κ3) is 3.05. The van der Waals surface area contributed by atoms with Crippen LogP contribution in [0.1, 0.15) is 33.8 Å². The second-order valence-corrected chi connectivity index (χ2v) is 5.97. The Kier molecular flexibility index (Phi) is 4.52. The number of carbonyl (C=O) groups excluding carboxylic acids is 1. The lowest BCUT2D eigenvalue weighted by Gasteiger charge is -2.24. The van der Waals surface area contributed by atoms with Gasteiger partial charge in [-0.2, -0.15) is 0 Å². The Morgan fingerprint density at radius 1 is 1.25 bits per heavy atom. The summed E-state index contributed by atoms with van der Waals surface area (Å²) in [6, 6.07) is 11.2. The van der Waals surface area contributed by atoms with Crippen LogP contribution in [0.4, 0.5) is 0 Å². The van der Waals surface area contributed by atoms with E-state index in [1.165, 1.54) is 4.88 Å². The van der Waals surface area contributed by atoms with Crippen molar-refractivity contribution in [2.75, 3.05) is 7.05 Å². The van der Waals surface area contributed by atoms with Crippen LogP contribution in [0.5, 0.6) is 0 Å². The second-order valence-electron chi connectivity index (χ2n) is 4.55. The van der Waals surface area contributed by atoms with Crippen LogP contribution < -0.4 is 5.73 Å². The highest BCUT2D eigenvalue weighted by Gasteiger charge is 2.19. The minimum Gasteiger partial charge on any atom is -0.389 e. The molecule has 1 atom stereocenters. The van der Waals surface area contributed by atoms with Crippen molar-refractivity contribution in [3.63, 3.8) is 0 Å². The van der Waals surface area contributed by atoms with Crippen LogP contribution in [-0.4, -0.2) is 22.8 Å². The number of thiocarbonyl (C=S) groups is 1. The van der Waals surface area contributed by atoms with E-state index >= 15 is 0 Å². The highest BCUT2D eigenvalue weighted by atomic mass is 32.1. The molecular weight excluding hydrogens is 288 g/mol. The highest BCUT2D eigenvalue weighted by molar-refractivity contribution is 7.80. The van der Waals surface area contributed by atoms with Crippen LogP contribution in [0.3, 0.4) is 0 Å². The minimum absolute atomic E-state index is 0.0135. The van der Waals surface area contributed by atoms with Crippen LogP contribution in [0, 0.1) is 0 Å². The van der Waals surface area contributed by atoms with Crippen LogP contribution in [-0.2, 0) is 0 Å². The normalized spacial score (nSPS) is 11.9. The monoisotopic (exact) mass is 304 g/mol.